The van der Waals surface area contributed by atoms with E-state index in [0.717, 1.165) is 17.0 Å². The monoisotopic (exact) mass is 289 g/mol. The van der Waals surface area contributed by atoms with Gasteiger partial charge in [-0.25, -0.2) is 4.39 Å². The van der Waals surface area contributed by atoms with Crippen molar-refractivity contribution in [3.63, 3.8) is 0 Å². The summed E-state index contributed by atoms with van der Waals surface area (Å²) in [5.41, 5.74) is 1.12. The molecule has 2 N–H and O–H groups in total. The number of ether oxygens (including phenoxy) is 1. The first-order valence-corrected chi connectivity index (χ1v) is 6.92. The molecule has 0 aliphatic carbocycles. The molecule has 0 heterocycles. The number of aliphatic hydroxyl groups excluding tert-OH is 1. The summed E-state index contributed by atoms with van der Waals surface area (Å²) in [6.45, 7) is 1.93. The smallest absolute Gasteiger partial charge is 0.123 e. The van der Waals surface area contributed by atoms with Crippen molar-refractivity contribution < 1.29 is 14.2 Å². The molecular weight excluding hydrogens is 269 g/mol. The topological polar surface area (TPSA) is 41.5 Å². The maximum absolute atomic E-state index is 13.0. The van der Waals surface area contributed by atoms with Crippen LogP contribution in [0.2, 0.25) is 0 Å². The van der Waals surface area contributed by atoms with E-state index in [0.29, 0.717) is 6.42 Å². The molecule has 112 valence electrons. The van der Waals surface area contributed by atoms with Gasteiger partial charge in [0.2, 0.25) is 0 Å². The molecule has 0 bridgehead atoms. The Labute approximate surface area is 124 Å². The minimum Gasteiger partial charge on any atom is -0.497 e. The molecule has 0 fully saturated rings. The molecule has 0 saturated heterocycles. The van der Waals surface area contributed by atoms with Crippen LogP contribution in [0.3, 0.4) is 0 Å². The minimum atomic E-state index is -0.607. The van der Waals surface area contributed by atoms with Crippen molar-refractivity contribution in [3.8, 4) is 5.75 Å². The molecular formula is C17H20FNO2. The van der Waals surface area contributed by atoms with Gasteiger partial charge in [0.25, 0.3) is 0 Å². The van der Waals surface area contributed by atoms with Gasteiger partial charge >= 0.3 is 0 Å². The quantitative estimate of drug-likeness (QED) is 0.854. The van der Waals surface area contributed by atoms with Gasteiger partial charge in [0.1, 0.15) is 11.6 Å². The fourth-order valence-electron chi connectivity index (χ4n) is 2.33. The van der Waals surface area contributed by atoms with Gasteiger partial charge in [0, 0.05) is 5.69 Å². The van der Waals surface area contributed by atoms with E-state index < -0.39 is 5.54 Å². The molecule has 0 aliphatic heterocycles. The van der Waals surface area contributed by atoms with Crippen LogP contribution in [0.5, 0.6) is 5.75 Å². The van der Waals surface area contributed by atoms with Crippen molar-refractivity contribution in [1.29, 1.82) is 0 Å². The number of aliphatic hydroxyl groups is 1. The second kappa shape index (κ2) is 6.59. The lowest BCUT2D eigenvalue weighted by molar-refractivity contribution is 0.207. The van der Waals surface area contributed by atoms with Gasteiger partial charge in [-0.3, -0.25) is 0 Å². The number of hydrogen-bond acceptors (Lipinski definition) is 3. The fourth-order valence-corrected chi connectivity index (χ4v) is 2.33. The molecule has 1 atom stereocenters. The highest BCUT2D eigenvalue weighted by atomic mass is 19.1. The summed E-state index contributed by atoms with van der Waals surface area (Å²) in [4.78, 5) is 0. The van der Waals surface area contributed by atoms with E-state index in [1.54, 1.807) is 19.2 Å². The van der Waals surface area contributed by atoms with Crippen LogP contribution in [0, 0.1) is 5.82 Å². The highest BCUT2D eigenvalue weighted by Crippen LogP contribution is 2.30. The van der Waals surface area contributed by atoms with Gasteiger partial charge in [-0.1, -0.05) is 19.1 Å². The van der Waals surface area contributed by atoms with Gasteiger partial charge < -0.3 is 15.2 Å². The van der Waals surface area contributed by atoms with E-state index in [2.05, 4.69) is 5.32 Å². The van der Waals surface area contributed by atoms with Crippen molar-refractivity contribution in [1.82, 2.24) is 0 Å². The summed E-state index contributed by atoms with van der Waals surface area (Å²) < 4.78 is 18.2. The van der Waals surface area contributed by atoms with Crippen molar-refractivity contribution in [3.05, 3.63) is 59.9 Å². The number of nitrogens with one attached hydrogen (secondary N) is 1. The van der Waals surface area contributed by atoms with E-state index >= 15 is 0 Å². The minimum absolute atomic E-state index is 0.0623. The predicted octanol–water partition coefficient (Wildman–Crippen LogP) is 3.54. The van der Waals surface area contributed by atoms with Crippen molar-refractivity contribution >= 4 is 5.69 Å². The number of hydrogen-bond donors (Lipinski definition) is 2. The Morgan fingerprint density at radius 2 is 1.71 bits per heavy atom. The van der Waals surface area contributed by atoms with Crippen LogP contribution in [0.25, 0.3) is 0 Å². The van der Waals surface area contributed by atoms with Crippen molar-refractivity contribution in [2.75, 3.05) is 19.0 Å². The summed E-state index contributed by atoms with van der Waals surface area (Å²) in [5, 5.41) is 13.2. The Morgan fingerprint density at radius 1 is 1.10 bits per heavy atom. The van der Waals surface area contributed by atoms with E-state index in [-0.39, 0.29) is 12.4 Å². The van der Waals surface area contributed by atoms with Gasteiger partial charge in [0.15, 0.2) is 0 Å². The third-order valence-electron chi connectivity index (χ3n) is 3.74. The Kier molecular flexibility index (Phi) is 4.81. The van der Waals surface area contributed by atoms with Crippen LogP contribution in [0.1, 0.15) is 18.9 Å². The maximum atomic E-state index is 13.0. The average Bonchev–Trinajstić information content (AvgIpc) is 2.55. The number of methoxy groups -OCH3 is 1. The zero-order valence-electron chi connectivity index (χ0n) is 12.3. The molecule has 3 nitrogen and oxygen atoms in total. The normalized spacial score (nSPS) is 13.5. The summed E-state index contributed by atoms with van der Waals surface area (Å²) in [5.74, 6) is 0.486. The molecule has 0 aliphatic rings. The van der Waals surface area contributed by atoms with Crippen LogP contribution in [-0.4, -0.2) is 18.8 Å². The summed E-state index contributed by atoms with van der Waals surface area (Å²) >= 11 is 0. The van der Waals surface area contributed by atoms with Crippen LogP contribution in [0.15, 0.2) is 48.5 Å². The second-order valence-electron chi connectivity index (χ2n) is 4.95. The lowest BCUT2D eigenvalue weighted by atomic mass is 9.87. The molecule has 2 rings (SSSR count). The lowest BCUT2D eigenvalue weighted by Gasteiger charge is -2.34. The third-order valence-corrected chi connectivity index (χ3v) is 3.74. The Balaban J connectivity index is 2.32. The summed E-state index contributed by atoms with van der Waals surface area (Å²) in [6.07, 6.45) is 0.688. The molecule has 0 amide bonds. The zero-order valence-corrected chi connectivity index (χ0v) is 12.3. The number of halogens is 1. The average molecular weight is 289 g/mol. The van der Waals surface area contributed by atoms with E-state index in [4.69, 9.17) is 4.74 Å². The molecule has 4 heteroatoms. The van der Waals surface area contributed by atoms with Crippen LogP contribution in [0.4, 0.5) is 10.1 Å². The Morgan fingerprint density at radius 3 is 2.19 bits per heavy atom. The van der Waals surface area contributed by atoms with Crippen molar-refractivity contribution in [2.45, 2.75) is 18.9 Å². The Bertz CT molecular complexity index is 562. The molecule has 21 heavy (non-hydrogen) atoms. The standard InChI is InChI=1S/C17H20FNO2/c1-3-17(12-20,13-4-10-16(21-2)11-5-13)19-15-8-6-14(18)7-9-15/h4-11,19-20H,3,12H2,1-2H3. The predicted molar refractivity (Wildman–Crippen MR) is 82.1 cm³/mol. The summed E-state index contributed by atoms with van der Waals surface area (Å²) in [6, 6.07) is 13.7. The fraction of sp³-hybridized carbons (Fsp3) is 0.294. The first-order chi connectivity index (χ1) is 10.1. The van der Waals surface area contributed by atoms with Crippen LogP contribution < -0.4 is 10.1 Å². The molecule has 0 saturated carbocycles. The molecule has 0 spiro atoms. The molecule has 2 aromatic carbocycles. The Hall–Kier alpha value is -2.07. The molecule has 2 aromatic rings. The largest absolute Gasteiger partial charge is 0.497 e. The first-order valence-electron chi connectivity index (χ1n) is 6.92. The number of anilines is 1. The molecule has 0 aromatic heterocycles. The van der Waals surface area contributed by atoms with E-state index in [1.165, 1.54) is 12.1 Å². The number of rotatable bonds is 6. The van der Waals surface area contributed by atoms with Crippen molar-refractivity contribution in [2.24, 2.45) is 0 Å². The van der Waals surface area contributed by atoms with E-state index in [9.17, 15) is 9.50 Å². The third kappa shape index (κ3) is 3.34. The lowest BCUT2D eigenvalue weighted by Crippen LogP contribution is -2.38. The van der Waals surface area contributed by atoms with Gasteiger partial charge in [0.05, 0.1) is 19.3 Å². The van der Waals surface area contributed by atoms with Gasteiger partial charge in [-0.2, -0.15) is 0 Å². The number of benzene rings is 2. The summed E-state index contributed by atoms with van der Waals surface area (Å²) in [7, 11) is 1.62. The second-order valence-corrected chi connectivity index (χ2v) is 4.95. The van der Waals surface area contributed by atoms with E-state index in [1.807, 2.05) is 31.2 Å². The van der Waals surface area contributed by atoms with Gasteiger partial charge in [-0.15, -0.1) is 0 Å². The highest BCUT2D eigenvalue weighted by Gasteiger charge is 2.29. The molecule has 0 radical (unpaired) electrons. The van der Waals surface area contributed by atoms with Crippen LogP contribution >= 0.6 is 0 Å². The maximum Gasteiger partial charge on any atom is 0.123 e. The first kappa shape index (κ1) is 15.3. The van der Waals surface area contributed by atoms with Gasteiger partial charge in [-0.05, 0) is 48.4 Å². The SMILES string of the molecule is CCC(CO)(Nc1ccc(F)cc1)c1ccc(OC)cc1. The molecule has 1 unspecified atom stereocenters. The zero-order chi connectivity index (χ0) is 15.3. The van der Waals surface area contributed by atoms with Crippen LogP contribution in [-0.2, 0) is 5.54 Å². The highest BCUT2D eigenvalue weighted by molar-refractivity contribution is 5.48.